The van der Waals surface area contributed by atoms with Crippen molar-refractivity contribution < 1.29 is 0 Å². The van der Waals surface area contributed by atoms with Gasteiger partial charge in [-0.25, -0.2) is 0 Å². The molecule has 0 aromatic heterocycles. The predicted octanol–water partition coefficient (Wildman–Crippen LogP) is 3.85. The molecule has 0 spiro atoms. The maximum absolute atomic E-state index is 4.61. The van der Waals surface area contributed by atoms with Crippen molar-refractivity contribution in [3.63, 3.8) is 0 Å². The lowest BCUT2D eigenvalue weighted by Crippen LogP contribution is -2.07. The summed E-state index contributed by atoms with van der Waals surface area (Å²) in [6.07, 6.45) is 6.62. The lowest BCUT2D eigenvalue weighted by atomic mass is 10.1. The zero-order valence-electron chi connectivity index (χ0n) is 9.67. The summed E-state index contributed by atoms with van der Waals surface area (Å²) in [5.74, 6) is 0.581. The van der Waals surface area contributed by atoms with Crippen LogP contribution < -0.4 is 0 Å². The molecule has 0 saturated heterocycles. The second-order valence-corrected chi connectivity index (χ2v) is 3.89. The van der Waals surface area contributed by atoms with Crippen molar-refractivity contribution in [2.24, 2.45) is 10.9 Å². The molecule has 1 nitrogen and oxygen atoms in total. The first-order valence-corrected chi connectivity index (χ1v) is 5.27. The van der Waals surface area contributed by atoms with Crippen LogP contribution >= 0.6 is 0 Å². The van der Waals surface area contributed by atoms with Gasteiger partial charge in [0, 0.05) is 5.71 Å². The van der Waals surface area contributed by atoms with Gasteiger partial charge in [-0.05, 0) is 32.6 Å². The molecular formula is C12H23N. The van der Waals surface area contributed by atoms with Crippen molar-refractivity contribution in [2.75, 3.05) is 0 Å². The summed E-state index contributed by atoms with van der Waals surface area (Å²) in [5, 5.41) is 0. The number of rotatable bonds is 5. The molecule has 0 radical (unpaired) electrons. The first-order chi connectivity index (χ1) is 6.07. The monoisotopic (exact) mass is 181 g/mol. The van der Waals surface area contributed by atoms with E-state index in [0.717, 1.165) is 12.8 Å². The van der Waals surface area contributed by atoms with E-state index in [1.54, 1.807) is 0 Å². The SMILES string of the molecule is CC/C=C\CC(C)/N=C(/C)C(C)C. The van der Waals surface area contributed by atoms with Gasteiger partial charge in [-0.15, -0.1) is 0 Å². The molecule has 0 bridgehead atoms. The fourth-order valence-electron chi connectivity index (χ4n) is 1.01. The molecular weight excluding hydrogens is 158 g/mol. The highest BCUT2D eigenvalue weighted by Gasteiger charge is 2.00. The molecule has 0 fully saturated rings. The van der Waals surface area contributed by atoms with Crippen molar-refractivity contribution in [1.82, 2.24) is 0 Å². The van der Waals surface area contributed by atoms with Crippen LogP contribution in [0.3, 0.4) is 0 Å². The van der Waals surface area contributed by atoms with Gasteiger partial charge < -0.3 is 0 Å². The van der Waals surface area contributed by atoms with Gasteiger partial charge in [0.15, 0.2) is 0 Å². The highest BCUT2D eigenvalue weighted by Crippen LogP contribution is 2.04. The number of allylic oxidation sites excluding steroid dienone is 1. The van der Waals surface area contributed by atoms with E-state index in [0.29, 0.717) is 12.0 Å². The van der Waals surface area contributed by atoms with Gasteiger partial charge in [0.2, 0.25) is 0 Å². The van der Waals surface area contributed by atoms with E-state index in [4.69, 9.17) is 0 Å². The number of aliphatic imine (C=N–C) groups is 1. The summed E-state index contributed by atoms with van der Waals surface area (Å²) < 4.78 is 0. The lowest BCUT2D eigenvalue weighted by Gasteiger charge is -2.08. The fraction of sp³-hybridized carbons (Fsp3) is 0.750. The topological polar surface area (TPSA) is 12.4 Å². The Kier molecular flexibility index (Phi) is 6.56. The maximum atomic E-state index is 4.61. The summed E-state index contributed by atoms with van der Waals surface area (Å²) in [4.78, 5) is 4.61. The Morgan fingerprint density at radius 1 is 1.23 bits per heavy atom. The van der Waals surface area contributed by atoms with Crippen molar-refractivity contribution >= 4 is 5.71 Å². The quantitative estimate of drug-likeness (QED) is 0.451. The van der Waals surface area contributed by atoms with Crippen LogP contribution in [0.15, 0.2) is 17.1 Å². The third-order valence-electron chi connectivity index (χ3n) is 2.14. The zero-order chi connectivity index (χ0) is 10.3. The van der Waals surface area contributed by atoms with Crippen LogP contribution in [0.5, 0.6) is 0 Å². The van der Waals surface area contributed by atoms with Crippen LogP contribution in [0, 0.1) is 5.92 Å². The summed E-state index contributed by atoms with van der Waals surface area (Å²) in [6, 6.07) is 0.435. The van der Waals surface area contributed by atoms with E-state index >= 15 is 0 Å². The summed E-state index contributed by atoms with van der Waals surface area (Å²) >= 11 is 0. The third kappa shape index (κ3) is 6.56. The number of nitrogens with zero attached hydrogens (tertiary/aromatic N) is 1. The average molecular weight is 181 g/mol. The van der Waals surface area contributed by atoms with Crippen LogP contribution in [0.4, 0.5) is 0 Å². The molecule has 1 atom stereocenters. The van der Waals surface area contributed by atoms with E-state index in [-0.39, 0.29) is 0 Å². The summed E-state index contributed by atoms with van der Waals surface area (Å²) in [5.41, 5.74) is 1.26. The van der Waals surface area contributed by atoms with Crippen LogP contribution in [0.1, 0.15) is 47.5 Å². The number of hydrogen-bond donors (Lipinski definition) is 0. The van der Waals surface area contributed by atoms with Crippen molar-refractivity contribution in [3.8, 4) is 0 Å². The van der Waals surface area contributed by atoms with Crippen LogP contribution in [-0.4, -0.2) is 11.8 Å². The Morgan fingerprint density at radius 2 is 1.85 bits per heavy atom. The largest absolute Gasteiger partial charge is 0.291 e. The molecule has 0 N–H and O–H groups in total. The molecule has 0 aliphatic rings. The Bertz CT molecular complexity index is 178. The van der Waals surface area contributed by atoms with Crippen molar-refractivity contribution in [2.45, 2.75) is 53.5 Å². The van der Waals surface area contributed by atoms with E-state index in [9.17, 15) is 0 Å². The smallest absolute Gasteiger partial charge is 0.0505 e. The molecule has 0 aromatic carbocycles. The minimum absolute atomic E-state index is 0.435. The van der Waals surface area contributed by atoms with Gasteiger partial charge in [0.05, 0.1) is 6.04 Å². The van der Waals surface area contributed by atoms with Crippen LogP contribution in [-0.2, 0) is 0 Å². The number of hydrogen-bond acceptors (Lipinski definition) is 1. The third-order valence-corrected chi connectivity index (χ3v) is 2.14. The fourth-order valence-corrected chi connectivity index (χ4v) is 1.01. The Balaban J connectivity index is 3.91. The molecule has 0 aromatic rings. The first kappa shape index (κ1) is 12.4. The molecule has 0 aliphatic carbocycles. The van der Waals surface area contributed by atoms with Crippen LogP contribution in [0.25, 0.3) is 0 Å². The van der Waals surface area contributed by atoms with E-state index in [1.165, 1.54) is 5.71 Å². The summed E-state index contributed by atoms with van der Waals surface area (Å²) in [7, 11) is 0. The Morgan fingerprint density at radius 3 is 2.31 bits per heavy atom. The van der Waals surface area contributed by atoms with E-state index < -0.39 is 0 Å². The van der Waals surface area contributed by atoms with Crippen molar-refractivity contribution in [1.29, 1.82) is 0 Å². The highest BCUT2D eigenvalue weighted by atomic mass is 14.8. The standard InChI is InChI=1S/C12H23N/c1-6-7-8-9-11(4)13-12(5)10(2)3/h7-8,10-11H,6,9H2,1-5H3/b8-7-,13-12-. The van der Waals surface area contributed by atoms with Crippen LogP contribution in [0.2, 0.25) is 0 Å². The zero-order valence-corrected chi connectivity index (χ0v) is 9.67. The molecule has 13 heavy (non-hydrogen) atoms. The van der Waals surface area contributed by atoms with Crippen molar-refractivity contribution in [3.05, 3.63) is 12.2 Å². The molecule has 0 heterocycles. The highest BCUT2D eigenvalue weighted by molar-refractivity contribution is 5.83. The van der Waals surface area contributed by atoms with Gasteiger partial charge >= 0.3 is 0 Å². The van der Waals surface area contributed by atoms with Gasteiger partial charge in [-0.3, -0.25) is 4.99 Å². The van der Waals surface area contributed by atoms with Gasteiger partial charge in [0.25, 0.3) is 0 Å². The molecule has 0 amide bonds. The van der Waals surface area contributed by atoms with Gasteiger partial charge in [-0.1, -0.05) is 32.9 Å². The Labute approximate surface area is 83.0 Å². The second-order valence-electron chi connectivity index (χ2n) is 3.89. The molecule has 1 heteroatoms. The maximum Gasteiger partial charge on any atom is 0.0505 e. The Hall–Kier alpha value is -0.590. The molecule has 76 valence electrons. The molecule has 0 saturated carbocycles. The summed E-state index contributed by atoms with van der Waals surface area (Å²) in [6.45, 7) is 10.8. The van der Waals surface area contributed by atoms with Gasteiger partial charge in [-0.2, -0.15) is 0 Å². The normalized spacial score (nSPS) is 15.7. The molecule has 0 rings (SSSR count). The second kappa shape index (κ2) is 6.88. The minimum atomic E-state index is 0.435. The van der Waals surface area contributed by atoms with E-state index in [2.05, 4.69) is 51.8 Å². The van der Waals surface area contributed by atoms with E-state index in [1.807, 2.05) is 0 Å². The predicted molar refractivity (Wildman–Crippen MR) is 61.5 cm³/mol. The van der Waals surface area contributed by atoms with Gasteiger partial charge in [0.1, 0.15) is 0 Å². The minimum Gasteiger partial charge on any atom is -0.291 e. The first-order valence-electron chi connectivity index (χ1n) is 5.27. The molecule has 1 unspecified atom stereocenters. The average Bonchev–Trinajstić information content (AvgIpc) is 2.04. The lowest BCUT2D eigenvalue weighted by molar-refractivity contribution is 0.738. The molecule has 0 aliphatic heterocycles.